The van der Waals surface area contributed by atoms with Gasteiger partial charge in [-0.3, -0.25) is 0 Å². The summed E-state index contributed by atoms with van der Waals surface area (Å²) >= 11 is 1.48. The lowest BCUT2D eigenvalue weighted by Gasteiger charge is -2.31. The van der Waals surface area contributed by atoms with Gasteiger partial charge in [0.2, 0.25) is 0 Å². The van der Waals surface area contributed by atoms with Crippen LogP contribution >= 0.6 is 11.3 Å². The molecule has 1 aliphatic rings. The van der Waals surface area contributed by atoms with Crippen LogP contribution in [0.1, 0.15) is 12.8 Å². The predicted molar refractivity (Wildman–Crippen MR) is 113 cm³/mol. The Hall–Kier alpha value is -2.52. The minimum Gasteiger partial charge on any atom is -0.497 e. The van der Waals surface area contributed by atoms with Gasteiger partial charge in [0, 0.05) is 24.0 Å². The van der Waals surface area contributed by atoms with Gasteiger partial charge in [0.15, 0.2) is 15.0 Å². The molecular formula is C21H20F2N2O3S2. The molecule has 0 aliphatic carbocycles. The van der Waals surface area contributed by atoms with E-state index in [9.17, 15) is 17.2 Å². The van der Waals surface area contributed by atoms with Crippen LogP contribution in [0.25, 0.3) is 11.3 Å². The molecule has 1 fully saturated rings. The van der Waals surface area contributed by atoms with Crippen molar-refractivity contribution in [1.82, 2.24) is 4.98 Å². The molecule has 2 aromatic carbocycles. The molecule has 0 atom stereocenters. The molecule has 4 rings (SSSR count). The van der Waals surface area contributed by atoms with Gasteiger partial charge in [0.25, 0.3) is 0 Å². The van der Waals surface area contributed by atoms with E-state index >= 15 is 0 Å². The molecule has 0 spiro atoms. The molecule has 1 saturated heterocycles. The van der Waals surface area contributed by atoms with Gasteiger partial charge < -0.3 is 9.64 Å². The molecule has 0 amide bonds. The summed E-state index contributed by atoms with van der Waals surface area (Å²) < 4.78 is 58.8. The van der Waals surface area contributed by atoms with Crippen molar-refractivity contribution in [3.63, 3.8) is 0 Å². The van der Waals surface area contributed by atoms with Crippen molar-refractivity contribution in [2.24, 2.45) is 0 Å². The van der Waals surface area contributed by atoms with Gasteiger partial charge >= 0.3 is 0 Å². The third-order valence-corrected chi connectivity index (χ3v) is 8.44. The van der Waals surface area contributed by atoms with Crippen molar-refractivity contribution in [3.05, 3.63) is 59.5 Å². The van der Waals surface area contributed by atoms with Gasteiger partial charge in [-0.2, -0.15) is 0 Å². The van der Waals surface area contributed by atoms with E-state index in [0.717, 1.165) is 40.3 Å². The monoisotopic (exact) mass is 450 g/mol. The maximum Gasteiger partial charge on any atom is 0.187 e. The summed E-state index contributed by atoms with van der Waals surface area (Å²) in [6.45, 7) is 0.908. The third kappa shape index (κ3) is 3.91. The molecule has 0 saturated carbocycles. The molecule has 158 valence electrons. The summed E-state index contributed by atoms with van der Waals surface area (Å²) in [5.41, 5.74) is 1.80. The highest BCUT2D eigenvalue weighted by Gasteiger charge is 2.35. The number of ether oxygens (including phenoxy) is 1. The number of methoxy groups -OCH3 is 1. The highest BCUT2D eigenvalue weighted by molar-refractivity contribution is 7.92. The molecule has 9 heteroatoms. The number of aromatic nitrogens is 1. The molecule has 0 unspecified atom stereocenters. The molecule has 2 heterocycles. The van der Waals surface area contributed by atoms with Gasteiger partial charge in [-0.05, 0) is 49.2 Å². The van der Waals surface area contributed by atoms with Crippen LogP contribution in [0.5, 0.6) is 5.75 Å². The molecule has 0 radical (unpaired) electrons. The molecule has 0 bridgehead atoms. The van der Waals surface area contributed by atoms with Crippen molar-refractivity contribution in [2.75, 3.05) is 25.1 Å². The third-order valence-electron chi connectivity index (χ3n) is 5.23. The second-order valence-corrected chi connectivity index (χ2v) is 10.0. The smallest absolute Gasteiger partial charge is 0.187 e. The first-order valence-electron chi connectivity index (χ1n) is 9.43. The van der Waals surface area contributed by atoms with E-state index in [4.69, 9.17) is 4.74 Å². The lowest BCUT2D eigenvalue weighted by Crippen LogP contribution is -2.39. The Morgan fingerprint density at radius 1 is 1.07 bits per heavy atom. The minimum absolute atomic E-state index is 0.285. The van der Waals surface area contributed by atoms with E-state index < -0.39 is 31.6 Å². The Morgan fingerprint density at radius 3 is 2.30 bits per heavy atom. The summed E-state index contributed by atoms with van der Waals surface area (Å²) in [6.07, 6.45) is 0.571. The van der Waals surface area contributed by atoms with E-state index in [-0.39, 0.29) is 12.8 Å². The first kappa shape index (κ1) is 20.7. The van der Waals surface area contributed by atoms with Crippen LogP contribution in [0.15, 0.2) is 52.7 Å². The zero-order valence-corrected chi connectivity index (χ0v) is 17.8. The topological polar surface area (TPSA) is 59.5 Å². The number of rotatable bonds is 5. The lowest BCUT2D eigenvalue weighted by molar-refractivity contribution is 0.415. The van der Waals surface area contributed by atoms with Gasteiger partial charge in [0.05, 0.1) is 18.1 Å². The maximum atomic E-state index is 14.0. The zero-order chi connectivity index (χ0) is 21.3. The van der Waals surface area contributed by atoms with Crippen LogP contribution in [-0.4, -0.2) is 38.9 Å². The largest absolute Gasteiger partial charge is 0.497 e. The summed E-state index contributed by atoms with van der Waals surface area (Å²) in [5, 5.41) is 1.93. The summed E-state index contributed by atoms with van der Waals surface area (Å²) in [6, 6.07) is 10.7. The Labute approximate surface area is 177 Å². The summed E-state index contributed by atoms with van der Waals surface area (Å²) in [4.78, 5) is 5.86. The Morgan fingerprint density at radius 2 is 1.70 bits per heavy atom. The molecule has 1 aliphatic heterocycles. The standard InChI is InChI=1S/C21H20F2N2O3S2/c1-28-15-7-5-14(6-8-15)19-13-29-21(24-19)25-11-9-16(10-12-25)30(26,27)20-17(22)3-2-4-18(20)23/h2-8,13,16H,9-12H2,1H3. The van der Waals surface area contributed by atoms with Gasteiger partial charge in [-0.25, -0.2) is 22.2 Å². The molecule has 30 heavy (non-hydrogen) atoms. The highest BCUT2D eigenvalue weighted by atomic mass is 32.2. The van der Waals surface area contributed by atoms with Crippen molar-refractivity contribution >= 4 is 26.3 Å². The van der Waals surface area contributed by atoms with Crippen LogP contribution < -0.4 is 9.64 Å². The average molecular weight is 451 g/mol. The summed E-state index contributed by atoms with van der Waals surface area (Å²) in [5.74, 6) is -1.31. The number of sulfone groups is 1. The first-order valence-corrected chi connectivity index (χ1v) is 11.9. The quantitative estimate of drug-likeness (QED) is 0.571. The Bertz CT molecular complexity index is 1120. The zero-order valence-electron chi connectivity index (χ0n) is 16.2. The SMILES string of the molecule is COc1ccc(-c2csc(N3CCC(S(=O)(=O)c4c(F)cccc4F)CC3)n2)cc1. The number of hydrogen-bond acceptors (Lipinski definition) is 6. The van der Waals surface area contributed by atoms with Gasteiger partial charge in [0.1, 0.15) is 22.3 Å². The Kier molecular flexibility index (Phi) is 5.75. The number of hydrogen-bond donors (Lipinski definition) is 0. The first-order chi connectivity index (χ1) is 14.4. The highest BCUT2D eigenvalue weighted by Crippen LogP contribution is 2.33. The van der Waals surface area contributed by atoms with E-state index in [1.807, 2.05) is 34.5 Å². The molecule has 0 N–H and O–H groups in total. The van der Waals surface area contributed by atoms with E-state index in [2.05, 4.69) is 4.98 Å². The summed E-state index contributed by atoms with van der Waals surface area (Å²) in [7, 11) is -2.47. The normalized spacial score (nSPS) is 15.4. The number of thiazole rings is 1. The van der Waals surface area contributed by atoms with Crippen molar-refractivity contribution < 1.29 is 21.9 Å². The van der Waals surface area contributed by atoms with Crippen LogP contribution in [-0.2, 0) is 9.84 Å². The fraction of sp³-hybridized carbons (Fsp3) is 0.286. The maximum absolute atomic E-state index is 14.0. The molecular weight excluding hydrogens is 430 g/mol. The van der Waals surface area contributed by atoms with Crippen molar-refractivity contribution in [2.45, 2.75) is 23.0 Å². The van der Waals surface area contributed by atoms with E-state index in [1.54, 1.807) is 7.11 Å². The molecule has 3 aromatic rings. The van der Waals surface area contributed by atoms with Crippen LogP contribution in [0.4, 0.5) is 13.9 Å². The predicted octanol–water partition coefficient (Wildman–Crippen LogP) is 4.54. The van der Waals surface area contributed by atoms with Crippen molar-refractivity contribution in [1.29, 1.82) is 0 Å². The van der Waals surface area contributed by atoms with Crippen LogP contribution in [0.3, 0.4) is 0 Å². The second-order valence-electron chi connectivity index (χ2n) is 7.03. The van der Waals surface area contributed by atoms with Crippen LogP contribution in [0, 0.1) is 11.6 Å². The van der Waals surface area contributed by atoms with E-state index in [0.29, 0.717) is 13.1 Å². The van der Waals surface area contributed by atoms with E-state index in [1.165, 1.54) is 11.3 Å². The van der Waals surface area contributed by atoms with Gasteiger partial charge in [-0.15, -0.1) is 11.3 Å². The fourth-order valence-electron chi connectivity index (χ4n) is 3.58. The lowest BCUT2D eigenvalue weighted by atomic mass is 10.1. The number of piperidine rings is 1. The Balaban J connectivity index is 1.47. The van der Waals surface area contributed by atoms with Crippen molar-refractivity contribution in [3.8, 4) is 17.0 Å². The number of nitrogens with zero attached hydrogens (tertiary/aromatic N) is 2. The number of benzene rings is 2. The molecule has 1 aromatic heterocycles. The van der Waals surface area contributed by atoms with Crippen LogP contribution in [0.2, 0.25) is 0 Å². The number of halogens is 2. The minimum atomic E-state index is -4.08. The average Bonchev–Trinajstić information content (AvgIpc) is 3.24. The van der Waals surface area contributed by atoms with Gasteiger partial charge in [-0.1, -0.05) is 6.07 Å². The fourth-order valence-corrected chi connectivity index (χ4v) is 6.32. The second kappa shape index (κ2) is 8.31. The molecule has 5 nitrogen and oxygen atoms in total. The number of anilines is 1.